The largest absolute Gasteiger partial charge is 0.392 e. The second-order valence-electron chi connectivity index (χ2n) is 10.7. The van der Waals surface area contributed by atoms with Gasteiger partial charge in [0.05, 0.1) is 12.2 Å². The Morgan fingerprint density at radius 1 is 1.20 bits per heavy atom. The molecule has 0 aromatic rings. The molecule has 7 rings (SSSR count). The minimum absolute atomic E-state index is 0.0809. The molecular formula is C22H33NO2. The lowest BCUT2D eigenvalue weighted by atomic mass is 9.39. The van der Waals surface area contributed by atoms with Crippen molar-refractivity contribution in [3.05, 3.63) is 12.2 Å². The Hall–Kier alpha value is -0.380. The van der Waals surface area contributed by atoms with E-state index in [-0.39, 0.29) is 29.0 Å². The third-order valence-corrected chi connectivity index (χ3v) is 10.5. The quantitative estimate of drug-likeness (QED) is 0.720. The first-order chi connectivity index (χ1) is 11.9. The number of fused-ring (bicyclic) bond motifs is 2. The van der Waals surface area contributed by atoms with Crippen LogP contribution >= 0.6 is 0 Å². The summed E-state index contributed by atoms with van der Waals surface area (Å²) in [6.07, 6.45) is 6.75. The highest BCUT2D eigenvalue weighted by molar-refractivity contribution is 5.38. The van der Waals surface area contributed by atoms with Gasteiger partial charge in [0.25, 0.3) is 0 Å². The summed E-state index contributed by atoms with van der Waals surface area (Å²) < 4.78 is 0. The zero-order chi connectivity index (χ0) is 17.4. The van der Waals surface area contributed by atoms with E-state index in [1.807, 2.05) is 0 Å². The van der Waals surface area contributed by atoms with Gasteiger partial charge >= 0.3 is 0 Å². The zero-order valence-electron chi connectivity index (χ0n) is 15.7. The molecule has 0 aromatic carbocycles. The molecule has 3 heteroatoms. The van der Waals surface area contributed by atoms with E-state index in [2.05, 4.69) is 25.3 Å². The number of likely N-dealkylation sites (tertiary alicyclic amines) is 1. The average Bonchev–Trinajstić information content (AvgIpc) is 2.99. The van der Waals surface area contributed by atoms with Crippen molar-refractivity contribution in [3.8, 4) is 0 Å². The summed E-state index contributed by atoms with van der Waals surface area (Å²) in [6.45, 7) is 11.5. The molecule has 1 aliphatic heterocycles. The lowest BCUT2D eigenvalue weighted by Gasteiger charge is -2.68. The number of rotatable bonds is 1. The van der Waals surface area contributed by atoms with E-state index in [1.165, 1.54) is 32.2 Å². The fraction of sp³-hybridized carbons (Fsp3) is 0.909. The molecule has 7 aliphatic rings. The maximum atomic E-state index is 11.5. The topological polar surface area (TPSA) is 43.7 Å². The van der Waals surface area contributed by atoms with Crippen LogP contribution in [0.25, 0.3) is 0 Å². The van der Waals surface area contributed by atoms with Crippen molar-refractivity contribution in [3.63, 3.8) is 0 Å². The van der Waals surface area contributed by atoms with Crippen molar-refractivity contribution < 1.29 is 10.2 Å². The molecule has 2 spiro atoms. The maximum absolute atomic E-state index is 11.5. The highest BCUT2D eigenvalue weighted by Gasteiger charge is 2.84. The molecule has 1 saturated heterocycles. The van der Waals surface area contributed by atoms with Crippen molar-refractivity contribution in [2.24, 2.45) is 39.9 Å². The van der Waals surface area contributed by atoms with Gasteiger partial charge in [-0.15, -0.1) is 0 Å². The fourth-order valence-corrected chi connectivity index (χ4v) is 10.1. The molecule has 25 heavy (non-hydrogen) atoms. The molecule has 0 amide bonds. The van der Waals surface area contributed by atoms with Crippen molar-refractivity contribution in [2.75, 3.05) is 13.1 Å². The number of hydrogen-bond acceptors (Lipinski definition) is 3. The van der Waals surface area contributed by atoms with Crippen LogP contribution in [-0.2, 0) is 0 Å². The number of aliphatic hydroxyl groups excluding tert-OH is 2. The van der Waals surface area contributed by atoms with Gasteiger partial charge in [-0.3, -0.25) is 4.90 Å². The Balaban J connectivity index is 1.60. The molecule has 6 saturated carbocycles. The van der Waals surface area contributed by atoms with E-state index < -0.39 is 0 Å². The molecule has 138 valence electrons. The summed E-state index contributed by atoms with van der Waals surface area (Å²) in [7, 11) is 0. The van der Waals surface area contributed by atoms with Crippen molar-refractivity contribution in [1.82, 2.24) is 4.90 Å². The third-order valence-electron chi connectivity index (χ3n) is 10.5. The SMILES string of the molecule is C=C1C2CCC3(C4C[C@@H]5[C@@]6(C)CCC[C@]5(C3C2O)[C@@H]4N(CC)C6)[C@@H]1O. The lowest BCUT2D eigenvalue weighted by Crippen LogP contribution is -2.69. The maximum Gasteiger partial charge on any atom is 0.0814 e. The van der Waals surface area contributed by atoms with Crippen LogP contribution < -0.4 is 0 Å². The van der Waals surface area contributed by atoms with Gasteiger partial charge in [0.15, 0.2) is 0 Å². The van der Waals surface area contributed by atoms with Gasteiger partial charge in [-0.1, -0.05) is 26.8 Å². The standard InChI is InChI=1S/C22H33NO2/c1-4-23-11-20(3)7-5-8-22-15(20)10-14(18(22)23)21-9-6-13(12(2)19(21)25)16(24)17(21)22/h13-19,24-25H,2,4-11H2,1,3H3/t13?,14?,15-,16?,17?,18-,19-,20+,21?,22+/m1/s1. The smallest absolute Gasteiger partial charge is 0.0814 e. The van der Waals surface area contributed by atoms with Crippen LogP contribution in [0.5, 0.6) is 0 Å². The Bertz CT molecular complexity index is 662. The number of hydrogen-bond donors (Lipinski definition) is 2. The van der Waals surface area contributed by atoms with Crippen molar-refractivity contribution >= 4 is 0 Å². The van der Waals surface area contributed by atoms with E-state index in [9.17, 15) is 10.2 Å². The minimum Gasteiger partial charge on any atom is -0.392 e. The lowest BCUT2D eigenvalue weighted by molar-refractivity contribution is -0.227. The molecule has 5 unspecified atom stereocenters. The van der Waals surface area contributed by atoms with Gasteiger partial charge in [0.1, 0.15) is 0 Å². The van der Waals surface area contributed by atoms with E-state index in [0.29, 0.717) is 23.3 Å². The van der Waals surface area contributed by atoms with Gasteiger partial charge in [-0.25, -0.2) is 0 Å². The Kier molecular flexibility index (Phi) is 2.73. The van der Waals surface area contributed by atoms with Crippen molar-refractivity contribution in [2.45, 2.75) is 70.6 Å². The number of nitrogens with zero attached hydrogens (tertiary/aromatic N) is 1. The van der Waals surface area contributed by atoms with Crippen LogP contribution in [0.1, 0.15) is 52.4 Å². The van der Waals surface area contributed by atoms with Crippen LogP contribution in [0, 0.1) is 39.9 Å². The predicted octanol–water partition coefficient (Wildman–Crippen LogP) is 2.82. The molecule has 7 fully saturated rings. The minimum atomic E-state index is -0.377. The van der Waals surface area contributed by atoms with Gasteiger partial charge in [0.2, 0.25) is 0 Å². The highest BCUT2D eigenvalue weighted by atomic mass is 16.3. The summed E-state index contributed by atoms with van der Waals surface area (Å²) >= 11 is 0. The number of piperidine rings is 1. The molecular weight excluding hydrogens is 310 g/mol. The zero-order valence-corrected chi connectivity index (χ0v) is 15.7. The summed E-state index contributed by atoms with van der Waals surface area (Å²) in [5.41, 5.74) is 1.54. The first-order valence-corrected chi connectivity index (χ1v) is 10.7. The molecule has 1 heterocycles. The molecule has 3 nitrogen and oxygen atoms in total. The van der Waals surface area contributed by atoms with E-state index in [1.54, 1.807) is 0 Å². The molecule has 7 bridgehead atoms. The van der Waals surface area contributed by atoms with Crippen LogP contribution in [0.4, 0.5) is 0 Å². The second-order valence-corrected chi connectivity index (χ2v) is 10.7. The summed E-state index contributed by atoms with van der Waals surface area (Å²) in [4.78, 5) is 2.77. The fourth-order valence-electron chi connectivity index (χ4n) is 10.1. The molecule has 0 radical (unpaired) electrons. The van der Waals surface area contributed by atoms with Gasteiger partial charge < -0.3 is 10.2 Å². The number of aliphatic hydroxyl groups is 2. The molecule has 0 aromatic heterocycles. The first kappa shape index (κ1) is 15.7. The molecule has 2 N–H and O–H groups in total. The van der Waals surface area contributed by atoms with Crippen LogP contribution in [0.15, 0.2) is 12.2 Å². The average molecular weight is 344 g/mol. The van der Waals surface area contributed by atoms with Crippen LogP contribution in [0.3, 0.4) is 0 Å². The van der Waals surface area contributed by atoms with Gasteiger partial charge in [-0.2, -0.15) is 0 Å². The highest BCUT2D eigenvalue weighted by Crippen LogP contribution is 2.83. The summed E-state index contributed by atoms with van der Waals surface area (Å²) in [5, 5.41) is 22.9. The van der Waals surface area contributed by atoms with E-state index >= 15 is 0 Å². The molecule has 10 atom stereocenters. The van der Waals surface area contributed by atoms with E-state index in [4.69, 9.17) is 0 Å². The molecule has 6 aliphatic carbocycles. The third kappa shape index (κ3) is 1.34. The van der Waals surface area contributed by atoms with Gasteiger partial charge in [0, 0.05) is 29.8 Å². The van der Waals surface area contributed by atoms with Crippen LogP contribution in [0.2, 0.25) is 0 Å². The van der Waals surface area contributed by atoms with E-state index in [0.717, 1.165) is 30.9 Å². The normalized spacial score (nSPS) is 64.6. The Morgan fingerprint density at radius 2 is 2.00 bits per heavy atom. The predicted molar refractivity (Wildman–Crippen MR) is 96.8 cm³/mol. The first-order valence-electron chi connectivity index (χ1n) is 10.7. The van der Waals surface area contributed by atoms with Crippen molar-refractivity contribution in [1.29, 1.82) is 0 Å². The second kappa shape index (κ2) is 4.36. The Labute approximate surface area is 151 Å². The summed E-state index contributed by atoms with van der Waals surface area (Å²) in [6, 6.07) is 0.592. The van der Waals surface area contributed by atoms with Crippen LogP contribution in [-0.4, -0.2) is 46.5 Å². The summed E-state index contributed by atoms with van der Waals surface area (Å²) in [5.74, 6) is 1.77. The monoisotopic (exact) mass is 343 g/mol. The van der Waals surface area contributed by atoms with Gasteiger partial charge in [-0.05, 0) is 66.9 Å². The Morgan fingerprint density at radius 3 is 2.76 bits per heavy atom.